The van der Waals surface area contributed by atoms with Crippen molar-refractivity contribution >= 4 is 11.6 Å². The quantitative estimate of drug-likeness (QED) is 0.915. The Morgan fingerprint density at radius 1 is 1.33 bits per heavy atom. The second-order valence-corrected chi connectivity index (χ2v) is 5.04. The van der Waals surface area contributed by atoms with Crippen LogP contribution in [0, 0.1) is 0 Å². The number of halogens is 4. The van der Waals surface area contributed by atoms with Crippen molar-refractivity contribution in [2.45, 2.75) is 26.1 Å². The molecule has 1 aromatic heterocycles. The van der Waals surface area contributed by atoms with Crippen LogP contribution in [-0.4, -0.2) is 16.3 Å². The van der Waals surface area contributed by atoms with Gasteiger partial charge in [0.15, 0.2) is 5.69 Å². The molecule has 114 valence electrons. The standard InChI is InChI=1S/C14H15ClF3N3/c1-3-19-9(2)11-5-4-10(8-12(11)15)21-7-6-13(20-21)14(16,17)18/h4-9,19H,3H2,1-2H3. The molecule has 1 N–H and O–H groups in total. The highest BCUT2D eigenvalue weighted by molar-refractivity contribution is 6.31. The first-order chi connectivity index (χ1) is 9.82. The summed E-state index contributed by atoms with van der Waals surface area (Å²) >= 11 is 6.20. The lowest BCUT2D eigenvalue weighted by atomic mass is 10.1. The van der Waals surface area contributed by atoms with E-state index >= 15 is 0 Å². The molecule has 0 amide bonds. The molecule has 1 heterocycles. The van der Waals surface area contributed by atoms with Crippen LogP contribution >= 0.6 is 11.6 Å². The van der Waals surface area contributed by atoms with Gasteiger partial charge in [-0.3, -0.25) is 0 Å². The van der Waals surface area contributed by atoms with E-state index in [4.69, 9.17) is 11.6 Å². The zero-order valence-electron chi connectivity index (χ0n) is 11.6. The number of hydrogen-bond donors (Lipinski definition) is 1. The van der Waals surface area contributed by atoms with E-state index in [9.17, 15) is 13.2 Å². The molecule has 3 nitrogen and oxygen atoms in total. The fourth-order valence-electron chi connectivity index (χ4n) is 2.04. The highest BCUT2D eigenvalue weighted by Gasteiger charge is 2.33. The first-order valence-corrected chi connectivity index (χ1v) is 6.86. The van der Waals surface area contributed by atoms with Gasteiger partial charge in [0, 0.05) is 17.3 Å². The van der Waals surface area contributed by atoms with Crippen molar-refractivity contribution in [2.75, 3.05) is 6.54 Å². The molecule has 1 unspecified atom stereocenters. The number of nitrogens with one attached hydrogen (secondary N) is 1. The maximum absolute atomic E-state index is 12.5. The van der Waals surface area contributed by atoms with Crippen molar-refractivity contribution in [1.82, 2.24) is 15.1 Å². The molecule has 7 heteroatoms. The van der Waals surface area contributed by atoms with E-state index in [1.165, 1.54) is 6.20 Å². The second kappa shape index (κ2) is 6.07. The Hall–Kier alpha value is -1.53. The smallest absolute Gasteiger partial charge is 0.310 e. The van der Waals surface area contributed by atoms with Crippen LogP contribution in [0.1, 0.15) is 31.1 Å². The van der Waals surface area contributed by atoms with E-state index in [1.54, 1.807) is 18.2 Å². The number of alkyl halides is 3. The molecule has 2 aromatic rings. The molecule has 0 aliphatic heterocycles. The Labute approximate surface area is 125 Å². The molecule has 2 rings (SSSR count). The zero-order chi connectivity index (χ0) is 15.6. The van der Waals surface area contributed by atoms with Gasteiger partial charge in [-0.15, -0.1) is 0 Å². The van der Waals surface area contributed by atoms with Crippen molar-refractivity contribution in [3.05, 3.63) is 46.7 Å². The first-order valence-electron chi connectivity index (χ1n) is 6.49. The van der Waals surface area contributed by atoms with Crippen LogP contribution in [0.4, 0.5) is 13.2 Å². The third-order valence-corrected chi connectivity index (χ3v) is 3.43. The minimum Gasteiger partial charge on any atom is -0.310 e. The summed E-state index contributed by atoms with van der Waals surface area (Å²) in [4.78, 5) is 0. The average Bonchev–Trinajstić information content (AvgIpc) is 2.88. The van der Waals surface area contributed by atoms with Crippen molar-refractivity contribution in [3.8, 4) is 5.69 Å². The summed E-state index contributed by atoms with van der Waals surface area (Å²) in [6.07, 6.45) is -3.18. The van der Waals surface area contributed by atoms with Crippen LogP contribution in [0.15, 0.2) is 30.5 Å². The van der Waals surface area contributed by atoms with Crippen molar-refractivity contribution in [2.24, 2.45) is 0 Å². The Morgan fingerprint density at radius 2 is 2.05 bits per heavy atom. The Bertz CT molecular complexity index is 622. The molecule has 21 heavy (non-hydrogen) atoms. The van der Waals surface area contributed by atoms with Crippen LogP contribution in [0.5, 0.6) is 0 Å². The van der Waals surface area contributed by atoms with Crippen molar-refractivity contribution in [3.63, 3.8) is 0 Å². The third-order valence-electron chi connectivity index (χ3n) is 3.10. The molecule has 1 aromatic carbocycles. The van der Waals surface area contributed by atoms with Crippen LogP contribution in [0.2, 0.25) is 5.02 Å². The summed E-state index contributed by atoms with van der Waals surface area (Å²) in [5.41, 5.74) is 0.456. The molecule has 1 atom stereocenters. The Kier molecular flexibility index (Phi) is 4.58. The largest absolute Gasteiger partial charge is 0.435 e. The predicted molar refractivity (Wildman–Crippen MR) is 75.7 cm³/mol. The van der Waals surface area contributed by atoms with Gasteiger partial charge in [-0.2, -0.15) is 18.3 Å². The Balaban J connectivity index is 2.30. The maximum atomic E-state index is 12.5. The SMILES string of the molecule is CCNC(C)c1ccc(-n2ccc(C(F)(F)F)n2)cc1Cl. The van der Waals surface area contributed by atoms with Gasteiger partial charge in [0.2, 0.25) is 0 Å². The van der Waals surface area contributed by atoms with Gasteiger partial charge >= 0.3 is 6.18 Å². The lowest BCUT2D eigenvalue weighted by Gasteiger charge is -2.15. The molecule has 0 aliphatic rings. The summed E-state index contributed by atoms with van der Waals surface area (Å²) in [7, 11) is 0. The number of benzene rings is 1. The highest BCUT2D eigenvalue weighted by atomic mass is 35.5. The number of nitrogens with zero attached hydrogens (tertiary/aromatic N) is 2. The van der Waals surface area contributed by atoms with E-state index in [-0.39, 0.29) is 6.04 Å². The summed E-state index contributed by atoms with van der Waals surface area (Å²) < 4.78 is 38.8. The number of hydrogen-bond acceptors (Lipinski definition) is 2. The van der Waals surface area contributed by atoms with Gasteiger partial charge in [-0.25, -0.2) is 4.68 Å². The number of rotatable bonds is 4. The molecule has 0 saturated carbocycles. The fourth-order valence-corrected chi connectivity index (χ4v) is 2.38. The normalized spacial score (nSPS) is 13.4. The molecular weight excluding hydrogens is 303 g/mol. The lowest BCUT2D eigenvalue weighted by molar-refractivity contribution is -0.141. The van der Waals surface area contributed by atoms with E-state index in [0.29, 0.717) is 10.7 Å². The molecule has 0 spiro atoms. The lowest BCUT2D eigenvalue weighted by Crippen LogP contribution is -2.18. The van der Waals surface area contributed by atoms with E-state index in [1.807, 2.05) is 13.8 Å². The summed E-state index contributed by atoms with van der Waals surface area (Å²) in [5, 5.41) is 7.24. The molecular formula is C14H15ClF3N3. The van der Waals surface area contributed by atoms with Crippen molar-refractivity contribution in [1.29, 1.82) is 0 Å². The summed E-state index contributed by atoms with van der Waals surface area (Å²) in [6, 6.07) is 6.10. The third kappa shape index (κ3) is 3.57. The monoisotopic (exact) mass is 317 g/mol. The maximum Gasteiger partial charge on any atom is 0.435 e. The molecule has 0 saturated heterocycles. The predicted octanol–water partition coefficient (Wildman–Crippen LogP) is 4.22. The summed E-state index contributed by atoms with van der Waals surface area (Å²) in [5.74, 6) is 0. The van der Waals surface area contributed by atoms with Gasteiger partial charge in [0.1, 0.15) is 0 Å². The van der Waals surface area contributed by atoms with E-state index in [0.717, 1.165) is 22.9 Å². The molecule has 0 radical (unpaired) electrons. The molecule has 0 bridgehead atoms. The topological polar surface area (TPSA) is 29.9 Å². The van der Waals surface area contributed by atoms with Gasteiger partial charge < -0.3 is 5.32 Å². The van der Waals surface area contributed by atoms with Crippen LogP contribution < -0.4 is 5.32 Å². The van der Waals surface area contributed by atoms with Gasteiger partial charge in [-0.1, -0.05) is 24.6 Å². The highest BCUT2D eigenvalue weighted by Crippen LogP contribution is 2.29. The van der Waals surface area contributed by atoms with Crippen LogP contribution in [-0.2, 0) is 6.18 Å². The van der Waals surface area contributed by atoms with E-state index < -0.39 is 11.9 Å². The fraction of sp³-hybridized carbons (Fsp3) is 0.357. The minimum absolute atomic E-state index is 0.0694. The second-order valence-electron chi connectivity index (χ2n) is 4.63. The van der Waals surface area contributed by atoms with Crippen LogP contribution in [0.25, 0.3) is 5.69 Å². The minimum atomic E-state index is -4.45. The van der Waals surface area contributed by atoms with Gasteiger partial charge in [-0.05, 0) is 37.2 Å². The van der Waals surface area contributed by atoms with Crippen LogP contribution in [0.3, 0.4) is 0 Å². The summed E-state index contributed by atoms with van der Waals surface area (Å²) in [6.45, 7) is 4.76. The van der Waals surface area contributed by atoms with Crippen molar-refractivity contribution < 1.29 is 13.2 Å². The Morgan fingerprint density at radius 3 is 2.57 bits per heavy atom. The average molecular weight is 318 g/mol. The first kappa shape index (κ1) is 15.9. The molecule has 0 aliphatic carbocycles. The zero-order valence-corrected chi connectivity index (χ0v) is 12.3. The number of aromatic nitrogens is 2. The van der Waals surface area contributed by atoms with Gasteiger partial charge in [0.05, 0.1) is 5.69 Å². The van der Waals surface area contributed by atoms with E-state index in [2.05, 4.69) is 10.4 Å². The van der Waals surface area contributed by atoms with Gasteiger partial charge in [0.25, 0.3) is 0 Å². The molecule has 0 fully saturated rings.